The molecule has 0 radical (unpaired) electrons. The molecule has 1 N–H and O–H groups in total. The third kappa shape index (κ3) is 4.04. The summed E-state index contributed by atoms with van der Waals surface area (Å²) < 4.78 is 12.9. The number of benzene rings is 1. The largest absolute Gasteiger partial charge is 0.338 e. The summed E-state index contributed by atoms with van der Waals surface area (Å²) in [7, 11) is 0. The number of amides is 1. The molecule has 110 valence electrons. The van der Waals surface area contributed by atoms with Crippen LogP contribution in [-0.4, -0.2) is 36.5 Å². The van der Waals surface area contributed by atoms with Crippen molar-refractivity contribution in [2.24, 2.45) is 0 Å². The summed E-state index contributed by atoms with van der Waals surface area (Å²) in [4.78, 5) is 14.5. The fourth-order valence-corrected chi connectivity index (χ4v) is 2.73. The Morgan fingerprint density at radius 1 is 1.40 bits per heavy atom. The second-order valence-corrected chi connectivity index (χ2v) is 5.39. The second kappa shape index (κ2) is 7.39. The van der Waals surface area contributed by atoms with E-state index in [1.54, 1.807) is 12.1 Å². The summed E-state index contributed by atoms with van der Waals surface area (Å²) in [6.45, 7) is 4.82. The van der Waals surface area contributed by atoms with Gasteiger partial charge < -0.3 is 10.2 Å². The summed E-state index contributed by atoms with van der Waals surface area (Å²) in [5, 5.41) is 3.36. The Kier molecular flexibility index (Phi) is 5.53. The minimum Gasteiger partial charge on any atom is -0.338 e. The van der Waals surface area contributed by atoms with Gasteiger partial charge in [-0.05, 0) is 43.5 Å². The van der Waals surface area contributed by atoms with Crippen LogP contribution in [0.3, 0.4) is 0 Å². The Labute approximate surface area is 120 Å². The van der Waals surface area contributed by atoms with Crippen molar-refractivity contribution >= 4 is 5.91 Å². The molecule has 1 saturated heterocycles. The summed E-state index contributed by atoms with van der Waals surface area (Å²) in [6, 6.07) is 6.51. The summed E-state index contributed by atoms with van der Waals surface area (Å²) in [5.41, 5.74) is 0.876. The molecule has 1 aliphatic heterocycles. The van der Waals surface area contributed by atoms with Gasteiger partial charge in [0.15, 0.2) is 0 Å². The first-order chi connectivity index (χ1) is 9.70. The topological polar surface area (TPSA) is 32.3 Å². The van der Waals surface area contributed by atoms with Gasteiger partial charge in [0.25, 0.3) is 0 Å². The molecule has 0 aliphatic carbocycles. The minimum atomic E-state index is -0.261. The number of hydrogen-bond acceptors (Lipinski definition) is 2. The lowest BCUT2D eigenvalue weighted by atomic mass is 10.0. The Balaban J connectivity index is 2.00. The summed E-state index contributed by atoms with van der Waals surface area (Å²) in [6.07, 6.45) is 3.51. The zero-order valence-corrected chi connectivity index (χ0v) is 12.1. The molecule has 1 unspecified atom stereocenters. The molecule has 1 aromatic carbocycles. The molecular formula is C16H23FN2O. The van der Waals surface area contributed by atoms with Gasteiger partial charge >= 0.3 is 0 Å². The van der Waals surface area contributed by atoms with Crippen molar-refractivity contribution in [3.05, 3.63) is 35.6 Å². The standard InChI is InChI=1S/C16H23FN2O/c1-2-10-19(15-4-3-9-18-12-15)16(20)11-13-5-7-14(17)8-6-13/h5-8,15,18H,2-4,9-12H2,1H3. The maximum atomic E-state index is 12.9. The van der Waals surface area contributed by atoms with Gasteiger partial charge in [-0.2, -0.15) is 0 Å². The van der Waals surface area contributed by atoms with Gasteiger partial charge in [-0.3, -0.25) is 4.79 Å². The lowest BCUT2D eigenvalue weighted by molar-refractivity contribution is -0.133. The Bertz CT molecular complexity index is 427. The van der Waals surface area contributed by atoms with E-state index in [-0.39, 0.29) is 11.7 Å². The van der Waals surface area contributed by atoms with Crippen LogP contribution in [0.1, 0.15) is 31.7 Å². The van der Waals surface area contributed by atoms with Crippen LogP contribution in [0.25, 0.3) is 0 Å². The van der Waals surface area contributed by atoms with Gasteiger partial charge in [0.05, 0.1) is 6.42 Å². The molecule has 0 saturated carbocycles. The Morgan fingerprint density at radius 2 is 2.15 bits per heavy atom. The highest BCUT2D eigenvalue weighted by Gasteiger charge is 2.24. The van der Waals surface area contributed by atoms with Gasteiger partial charge in [-0.1, -0.05) is 19.1 Å². The Hall–Kier alpha value is -1.42. The first-order valence-corrected chi connectivity index (χ1v) is 7.45. The third-order valence-electron chi connectivity index (χ3n) is 3.77. The van der Waals surface area contributed by atoms with Gasteiger partial charge in [0.2, 0.25) is 5.91 Å². The minimum absolute atomic E-state index is 0.146. The molecule has 1 fully saturated rings. The molecule has 1 amide bonds. The van der Waals surface area contributed by atoms with Crippen molar-refractivity contribution in [3.8, 4) is 0 Å². The molecule has 20 heavy (non-hydrogen) atoms. The summed E-state index contributed by atoms with van der Waals surface area (Å²) in [5.74, 6) is -0.116. The van der Waals surface area contributed by atoms with Crippen LogP contribution in [0.4, 0.5) is 4.39 Å². The van der Waals surface area contributed by atoms with Crippen LogP contribution in [0.5, 0.6) is 0 Å². The molecular weight excluding hydrogens is 255 g/mol. The van der Waals surface area contributed by atoms with Crippen molar-refractivity contribution in [1.82, 2.24) is 10.2 Å². The van der Waals surface area contributed by atoms with Gasteiger partial charge in [-0.25, -0.2) is 4.39 Å². The number of carbonyl (C=O) groups excluding carboxylic acids is 1. The lowest BCUT2D eigenvalue weighted by Gasteiger charge is -2.34. The zero-order valence-electron chi connectivity index (χ0n) is 12.1. The highest BCUT2D eigenvalue weighted by atomic mass is 19.1. The van der Waals surface area contributed by atoms with Crippen LogP contribution in [0.2, 0.25) is 0 Å². The first kappa shape index (κ1) is 15.0. The average Bonchev–Trinajstić information content (AvgIpc) is 2.48. The van der Waals surface area contributed by atoms with Gasteiger partial charge in [0, 0.05) is 19.1 Å². The quantitative estimate of drug-likeness (QED) is 0.896. The fourth-order valence-electron chi connectivity index (χ4n) is 2.73. The normalized spacial score (nSPS) is 18.8. The van der Waals surface area contributed by atoms with Crippen molar-refractivity contribution in [3.63, 3.8) is 0 Å². The van der Waals surface area contributed by atoms with Crippen molar-refractivity contribution in [2.45, 2.75) is 38.6 Å². The van der Waals surface area contributed by atoms with E-state index in [4.69, 9.17) is 0 Å². The number of piperidine rings is 1. The molecule has 1 aromatic rings. The van der Waals surface area contributed by atoms with Crippen molar-refractivity contribution in [1.29, 1.82) is 0 Å². The number of rotatable bonds is 5. The fraction of sp³-hybridized carbons (Fsp3) is 0.562. The van der Waals surface area contributed by atoms with Crippen molar-refractivity contribution in [2.75, 3.05) is 19.6 Å². The van der Waals surface area contributed by atoms with E-state index >= 15 is 0 Å². The van der Waals surface area contributed by atoms with E-state index in [1.807, 2.05) is 4.90 Å². The number of carbonyl (C=O) groups is 1. The SMILES string of the molecule is CCCN(C(=O)Cc1ccc(F)cc1)C1CCCNC1. The molecule has 1 aliphatic rings. The molecule has 4 heteroatoms. The zero-order chi connectivity index (χ0) is 14.4. The van der Waals surface area contributed by atoms with Crippen LogP contribution in [0.15, 0.2) is 24.3 Å². The molecule has 0 bridgehead atoms. The second-order valence-electron chi connectivity index (χ2n) is 5.39. The third-order valence-corrected chi connectivity index (χ3v) is 3.77. The van der Waals surface area contributed by atoms with Crippen LogP contribution >= 0.6 is 0 Å². The van der Waals surface area contributed by atoms with E-state index in [0.29, 0.717) is 12.5 Å². The van der Waals surface area contributed by atoms with E-state index in [9.17, 15) is 9.18 Å². The number of hydrogen-bond donors (Lipinski definition) is 1. The van der Waals surface area contributed by atoms with Gasteiger partial charge in [-0.15, -0.1) is 0 Å². The molecule has 0 spiro atoms. The maximum absolute atomic E-state index is 12.9. The predicted octanol–water partition coefficient (Wildman–Crippen LogP) is 2.36. The molecule has 3 nitrogen and oxygen atoms in total. The predicted molar refractivity (Wildman–Crippen MR) is 78.0 cm³/mol. The number of nitrogens with zero attached hydrogens (tertiary/aromatic N) is 1. The number of halogens is 1. The Morgan fingerprint density at radius 3 is 2.75 bits per heavy atom. The van der Waals surface area contributed by atoms with Crippen LogP contribution in [-0.2, 0) is 11.2 Å². The molecule has 2 rings (SSSR count). The van der Waals surface area contributed by atoms with E-state index < -0.39 is 0 Å². The summed E-state index contributed by atoms with van der Waals surface area (Å²) >= 11 is 0. The van der Waals surface area contributed by atoms with E-state index in [0.717, 1.165) is 44.5 Å². The molecule has 1 atom stereocenters. The molecule has 0 aromatic heterocycles. The average molecular weight is 278 g/mol. The van der Waals surface area contributed by atoms with E-state index in [2.05, 4.69) is 12.2 Å². The van der Waals surface area contributed by atoms with Crippen LogP contribution < -0.4 is 5.32 Å². The number of nitrogens with one attached hydrogen (secondary N) is 1. The lowest BCUT2D eigenvalue weighted by Crippen LogP contribution is -2.49. The van der Waals surface area contributed by atoms with Crippen molar-refractivity contribution < 1.29 is 9.18 Å². The van der Waals surface area contributed by atoms with E-state index in [1.165, 1.54) is 12.1 Å². The highest BCUT2D eigenvalue weighted by Crippen LogP contribution is 2.14. The highest BCUT2D eigenvalue weighted by molar-refractivity contribution is 5.79. The van der Waals surface area contributed by atoms with Crippen LogP contribution in [0, 0.1) is 5.82 Å². The molecule has 1 heterocycles. The smallest absolute Gasteiger partial charge is 0.227 e. The van der Waals surface area contributed by atoms with Gasteiger partial charge in [0.1, 0.15) is 5.82 Å². The maximum Gasteiger partial charge on any atom is 0.227 e. The first-order valence-electron chi connectivity index (χ1n) is 7.45. The monoisotopic (exact) mass is 278 g/mol.